The molecule has 0 saturated carbocycles. The highest BCUT2D eigenvalue weighted by Gasteiger charge is 2.14. The van der Waals surface area contributed by atoms with Crippen LogP contribution in [0.5, 0.6) is 0 Å². The maximum atomic E-state index is 11.4. The van der Waals surface area contributed by atoms with Crippen LogP contribution in [0.25, 0.3) is 0 Å². The van der Waals surface area contributed by atoms with Crippen molar-refractivity contribution in [3.63, 3.8) is 0 Å². The van der Waals surface area contributed by atoms with Crippen LogP contribution in [0.4, 0.5) is 5.82 Å². The Morgan fingerprint density at radius 2 is 2.54 bits per heavy atom. The molecule has 4 heteroatoms. The van der Waals surface area contributed by atoms with Gasteiger partial charge in [0, 0.05) is 6.20 Å². The number of carbonyl (C=O) groups is 1. The van der Waals surface area contributed by atoms with Crippen molar-refractivity contribution in [3.05, 3.63) is 18.3 Å². The molecule has 1 heterocycles. The van der Waals surface area contributed by atoms with Gasteiger partial charge in [0.1, 0.15) is 5.82 Å². The van der Waals surface area contributed by atoms with E-state index in [1.165, 1.54) is 0 Å². The van der Waals surface area contributed by atoms with Crippen LogP contribution in [0, 0.1) is 5.92 Å². The molecular weight excluding hydrogens is 168 g/mol. The van der Waals surface area contributed by atoms with Crippen LogP contribution in [-0.4, -0.2) is 22.6 Å². The molecule has 0 aliphatic heterocycles. The molecule has 13 heavy (non-hydrogen) atoms. The lowest BCUT2D eigenvalue weighted by atomic mass is 10.1. The van der Waals surface area contributed by atoms with Gasteiger partial charge in [-0.3, -0.25) is 4.79 Å². The van der Waals surface area contributed by atoms with E-state index >= 15 is 0 Å². The van der Waals surface area contributed by atoms with E-state index in [9.17, 15) is 4.79 Å². The zero-order valence-corrected chi connectivity index (χ0v) is 7.58. The minimum absolute atomic E-state index is 0.108. The summed E-state index contributed by atoms with van der Waals surface area (Å²) >= 11 is 0. The normalized spacial score (nSPS) is 12.5. The summed E-state index contributed by atoms with van der Waals surface area (Å²) in [4.78, 5) is 14.2. The van der Waals surface area contributed by atoms with Crippen molar-refractivity contribution in [3.8, 4) is 0 Å². The molecule has 0 bridgehead atoms. The van der Waals surface area contributed by atoms with Crippen LogP contribution in [0.1, 0.15) is 13.3 Å². The Kier molecular flexibility index (Phi) is 3.52. The summed E-state index contributed by atoms with van der Waals surface area (Å²) in [5.74, 6) is 0.202. The lowest BCUT2D eigenvalue weighted by Crippen LogP contribution is -2.25. The Morgan fingerprint density at radius 3 is 3.00 bits per heavy atom. The van der Waals surface area contributed by atoms with Gasteiger partial charge in [0.2, 0.25) is 5.91 Å². The van der Waals surface area contributed by atoms with Gasteiger partial charge >= 0.3 is 0 Å². The van der Waals surface area contributed by atoms with Gasteiger partial charge in [-0.15, -0.1) is 0 Å². The predicted octanol–water partition coefficient (Wildman–Crippen LogP) is 0.972. The maximum absolute atomic E-state index is 11.4. The smallest absolute Gasteiger partial charge is 0.230 e. The first-order chi connectivity index (χ1) is 6.27. The van der Waals surface area contributed by atoms with Crippen LogP contribution < -0.4 is 5.32 Å². The van der Waals surface area contributed by atoms with E-state index < -0.39 is 0 Å². The van der Waals surface area contributed by atoms with Gasteiger partial charge in [-0.25, -0.2) is 0 Å². The predicted molar refractivity (Wildman–Crippen MR) is 50.3 cm³/mol. The molecule has 0 aliphatic carbocycles. The number of aromatic amines is 1. The number of rotatable bonds is 4. The molecule has 0 radical (unpaired) electrons. The van der Waals surface area contributed by atoms with E-state index in [1.54, 1.807) is 18.3 Å². The molecule has 1 rings (SSSR count). The number of H-pyrrole nitrogens is 1. The van der Waals surface area contributed by atoms with Crippen molar-refractivity contribution >= 4 is 11.7 Å². The topological polar surface area (TPSA) is 65.1 Å². The fourth-order valence-electron chi connectivity index (χ4n) is 1.04. The number of aliphatic hydroxyl groups is 1. The van der Waals surface area contributed by atoms with Gasteiger partial charge < -0.3 is 15.4 Å². The molecule has 1 unspecified atom stereocenters. The summed E-state index contributed by atoms with van der Waals surface area (Å²) in [6.45, 7) is 1.76. The molecule has 3 N–H and O–H groups in total. The van der Waals surface area contributed by atoms with Gasteiger partial charge in [-0.05, 0) is 18.6 Å². The molecule has 1 aromatic heterocycles. The summed E-state index contributed by atoms with van der Waals surface area (Å²) in [5, 5.41) is 11.5. The minimum Gasteiger partial charge on any atom is -0.396 e. The zero-order chi connectivity index (χ0) is 9.68. The Hall–Kier alpha value is -1.29. The molecule has 0 saturated heterocycles. The zero-order valence-electron chi connectivity index (χ0n) is 7.58. The Morgan fingerprint density at radius 1 is 1.77 bits per heavy atom. The largest absolute Gasteiger partial charge is 0.396 e. The van der Waals surface area contributed by atoms with Crippen molar-refractivity contribution < 1.29 is 9.90 Å². The second-order valence-electron chi connectivity index (χ2n) is 2.86. The number of hydrogen-bond donors (Lipinski definition) is 3. The number of aliphatic hydroxyl groups excluding tert-OH is 1. The third kappa shape index (κ3) is 2.59. The number of aromatic nitrogens is 1. The van der Waals surface area contributed by atoms with Crippen molar-refractivity contribution in [1.82, 2.24) is 4.98 Å². The molecule has 0 aromatic carbocycles. The highest BCUT2D eigenvalue weighted by Crippen LogP contribution is 2.07. The number of anilines is 1. The third-order valence-electron chi connectivity index (χ3n) is 1.94. The molecule has 0 spiro atoms. The maximum Gasteiger partial charge on any atom is 0.230 e. The summed E-state index contributed by atoms with van der Waals surface area (Å²) in [7, 11) is 0. The number of nitrogens with one attached hydrogen (secondary N) is 2. The summed E-state index contributed by atoms with van der Waals surface area (Å²) < 4.78 is 0. The molecule has 72 valence electrons. The fraction of sp³-hybridized carbons (Fsp3) is 0.444. The second-order valence-corrected chi connectivity index (χ2v) is 2.86. The molecule has 1 amide bonds. The average Bonchev–Trinajstić information content (AvgIpc) is 2.59. The molecule has 0 aliphatic rings. The van der Waals surface area contributed by atoms with Crippen molar-refractivity contribution in [1.29, 1.82) is 0 Å². The third-order valence-corrected chi connectivity index (χ3v) is 1.94. The number of amides is 1. The van der Waals surface area contributed by atoms with Crippen LogP contribution in [0.2, 0.25) is 0 Å². The van der Waals surface area contributed by atoms with Gasteiger partial charge in [-0.2, -0.15) is 0 Å². The summed E-state index contributed by atoms with van der Waals surface area (Å²) in [6.07, 6.45) is 2.37. The first-order valence-electron chi connectivity index (χ1n) is 4.33. The highest BCUT2D eigenvalue weighted by atomic mass is 16.3. The van der Waals surface area contributed by atoms with E-state index in [0.29, 0.717) is 12.2 Å². The Labute approximate surface area is 77.0 Å². The van der Waals surface area contributed by atoms with Crippen molar-refractivity contribution in [2.24, 2.45) is 5.92 Å². The van der Waals surface area contributed by atoms with Gasteiger partial charge in [0.15, 0.2) is 0 Å². The van der Waals surface area contributed by atoms with Crippen LogP contribution in [0.3, 0.4) is 0 Å². The van der Waals surface area contributed by atoms with Crippen LogP contribution in [0.15, 0.2) is 18.3 Å². The van der Waals surface area contributed by atoms with Crippen molar-refractivity contribution in [2.75, 3.05) is 11.9 Å². The van der Waals surface area contributed by atoms with E-state index in [-0.39, 0.29) is 18.4 Å². The summed E-state index contributed by atoms with van der Waals surface area (Å²) in [6, 6.07) is 3.57. The fourth-order valence-corrected chi connectivity index (χ4v) is 1.04. The second kappa shape index (κ2) is 4.67. The van der Waals surface area contributed by atoms with E-state index in [4.69, 9.17) is 5.11 Å². The first-order valence-corrected chi connectivity index (χ1v) is 4.33. The number of carbonyl (C=O) groups excluding carboxylic acids is 1. The standard InChI is InChI=1S/C9H14N2O2/c1-2-7(6-12)9(13)11-8-4-3-5-10-8/h3-5,7,10,12H,2,6H2,1H3,(H,11,13). The SMILES string of the molecule is CCC(CO)C(=O)Nc1ccc[nH]1. The van der Waals surface area contributed by atoms with E-state index in [2.05, 4.69) is 10.3 Å². The van der Waals surface area contributed by atoms with Gasteiger partial charge in [-0.1, -0.05) is 6.92 Å². The highest BCUT2D eigenvalue weighted by molar-refractivity contribution is 5.91. The quantitative estimate of drug-likeness (QED) is 0.649. The van der Waals surface area contributed by atoms with Crippen LogP contribution in [-0.2, 0) is 4.79 Å². The Balaban J connectivity index is 2.49. The monoisotopic (exact) mass is 182 g/mol. The van der Waals surface area contributed by atoms with Crippen LogP contribution >= 0.6 is 0 Å². The van der Waals surface area contributed by atoms with Gasteiger partial charge in [0.25, 0.3) is 0 Å². The van der Waals surface area contributed by atoms with E-state index in [1.807, 2.05) is 6.92 Å². The molecule has 0 fully saturated rings. The average molecular weight is 182 g/mol. The molecular formula is C9H14N2O2. The molecule has 1 aromatic rings. The Bertz CT molecular complexity index is 253. The molecule has 1 atom stereocenters. The van der Waals surface area contributed by atoms with Crippen molar-refractivity contribution in [2.45, 2.75) is 13.3 Å². The number of hydrogen-bond acceptors (Lipinski definition) is 2. The van der Waals surface area contributed by atoms with E-state index in [0.717, 1.165) is 0 Å². The molecule has 4 nitrogen and oxygen atoms in total. The lowest BCUT2D eigenvalue weighted by Gasteiger charge is -2.10. The summed E-state index contributed by atoms with van der Waals surface area (Å²) in [5.41, 5.74) is 0. The lowest BCUT2D eigenvalue weighted by molar-refractivity contribution is -0.121. The van der Waals surface area contributed by atoms with Gasteiger partial charge in [0.05, 0.1) is 12.5 Å². The minimum atomic E-state index is -0.316. The first kappa shape index (κ1) is 9.80.